The quantitative estimate of drug-likeness (QED) is 0.627. The van der Waals surface area contributed by atoms with Gasteiger partial charge in [-0.05, 0) is 30.3 Å². The molecular weight excluding hydrogens is 445 g/mol. The van der Waals surface area contributed by atoms with Crippen LogP contribution >= 0.6 is 11.6 Å². The van der Waals surface area contributed by atoms with Crippen molar-refractivity contribution in [1.29, 1.82) is 0 Å². The lowest BCUT2D eigenvalue weighted by molar-refractivity contribution is -0.120. The van der Waals surface area contributed by atoms with Crippen LogP contribution in [0.5, 0.6) is 0 Å². The van der Waals surface area contributed by atoms with Crippen LogP contribution in [0.3, 0.4) is 0 Å². The molecule has 2 atom stereocenters. The van der Waals surface area contributed by atoms with Crippen LogP contribution in [0.15, 0.2) is 42.5 Å². The van der Waals surface area contributed by atoms with Gasteiger partial charge in [0, 0.05) is 38.3 Å². The Bertz CT molecular complexity index is 993. The molecule has 0 bridgehead atoms. The number of hydrogen-bond acceptors (Lipinski definition) is 4. The lowest BCUT2D eigenvalue weighted by atomic mass is 9.93. The number of likely N-dealkylation sites (tertiary alicyclic amines) is 1. The number of benzene rings is 2. The van der Waals surface area contributed by atoms with E-state index >= 15 is 0 Å². The molecule has 172 valence electrons. The summed E-state index contributed by atoms with van der Waals surface area (Å²) < 4.78 is 41.5. The number of alkyl halides is 2. The van der Waals surface area contributed by atoms with E-state index in [2.05, 4.69) is 10.6 Å². The van der Waals surface area contributed by atoms with Crippen molar-refractivity contribution in [2.75, 3.05) is 48.3 Å². The Labute approximate surface area is 189 Å². The number of carbonyl (C=O) groups is 1. The summed E-state index contributed by atoms with van der Waals surface area (Å²) in [5, 5.41) is 15.3. The molecule has 2 aromatic rings. The van der Waals surface area contributed by atoms with Gasteiger partial charge in [-0.2, -0.15) is 0 Å². The maximum atomic E-state index is 14.0. The van der Waals surface area contributed by atoms with Crippen LogP contribution in [-0.4, -0.2) is 60.8 Å². The third-order valence-electron chi connectivity index (χ3n) is 5.97. The standard InChI is InChI=1S/C22H24ClF3N4O2/c23-17-9-15(5-6-18(17)24)28-21(32)30-16(10-27-19-3-1-2-4-20(19)30)12-29-8-7-22(25,26)14(11-29)13-31/h1-6,9,14,16,27,31H,7-8,10-13H2,(H,28,32). The molecule has 2 aliphatic rings. The highest BCUT2D eigenvalue weighted by Crippen LogP contribution is 2.35. The lowest BCUT2D eigenvalue weighted by Gasteiger charge is -2.43. The van der Waals surface area contributed by atoms with Crippen LogP contribution < -0.4 is 15.5 Å². The normalized spacial score (nSPS) is 22.7. The number of urea groups is 1. The SMILES string of the molecule is O=C(Nc1ccc(F)c(Cl)c1)N1c2ccccc2NCC1CN1CCC(F)(F)C(CO)C1. The zero-order valence-corrected chi connectivity index (χ0v) is 18.0. The topological polar surface area (TPSA) is 67.8 Å². The van der Waals surface area contributed by atoms with Crippen molar-refractivity contribution in [2.45, 2.75) is 18.4 Å². The number of halogens is 4. The van der Waals surface area contributed by atoms with E-state index in [-0.39, 0.29) is 30.6 Å². The van der Waals surface area contributed by atoms with Gasteiger partial charge in [-0.25, -0.2) is 18.0 Å². The monoisotopic (exact) mass is 468 g/mol. The van der Waals surface area contributed by atoms with E-state index in [0.29, 0.717) is 24.5 Å². The molecule has 2 amide bonds. The highest BCUT2D eigenvalue weighted by atomic mass is 35.5. The Balaban J connectivity index is 1.56. The van der Waals surface area contributed by atoms with Crippen LogP contribution in [0.2, 0.25) is 5.02 Å². The maximum absolute atomic E-state index is 14.0. The first kappa shape index (κ1) is 22.7. The molecule has 0 spiro atoms. The molecule has 1 fully saturated rings. The largest absolute Gasteiger partial charge is 0.396 e. The summed E-state index contributed by atoms with van der Waals surface area (Å²) in [6, 6.07) is 10.4. The Morgan fingerprint density at radius 3 is 2.81 bits per heavy atom. The second-order valence-electron chi connectivity index (χ2n) is 8.13. The summed E-state index contributed by atoms with van der Waals surface area (Å²) in [7, 11) is 0. The van der Waals surface area contributed by atoms with E-state index < -0.39 is 30.3 Å². The van der Waals surface area contributed by atoms with Crippen LogP contribution in [-0.2, 0) is 0 Å². The van der Waals surface area contributed by atoms with Gasteiger partial charge in [0.05, 0.1) is 35.0 Å². The smallest absolute Gasteiger partial charge is 0.326 e. The van der Waals surface area contributed by atoms with Crippen LogP contribution in [0.4, 0.5) is 35.0 Å². The molecule has 2 aromatic carbocycles. The van der Waals surface area contributed by atoms with Crippen molar-refractivity contribution < 1.29 is 23.1 Å². The molecule has 32 heavy (non-hydrogen) atoms. The number of hydrogen-bond donors (Lipinski definition) is 3. The summed E-state index contributed by atoms with van der Waals surface area (Å²) in [6.45, 7) is 0.400. The number of nitrogens with zero attached hydrogens (tertiary/aromatic N) is 2. The van der Waals surface area contributed by atoms with Gasteiger partial charge in [-0.3, -0.25) is 4.90 Å². The molecule has 0 radical (unpaired) electrons. The van der Waals surface area contributed by atoms with Gasteiger partial charge in [-0.1, -0.05) is 23.7 Å². The number of nitrogens with one attached hydrogen (secondary N) is 2. The molecule has 2 aliphatic heterocycles. The summed E-state index contributed by atoms with van der Waals surface area (Å²) >= 11 is 5.83. The summed E-state index contributed by atoms with van der Waals surface area (Å²) in [4.78, 5) is 16.7. The first-order chi connectivity index (χ1) is 15.3. The average Bonchev–Trinajstić information content (AvgIpc) is 2.77. The number of rotatable bonds is 4. The van der Waals surface area contributed by atoms with Gasteiger partial charge in [0.1, 0.15) is 5.82 Å². The molecule has 0 aromatic heterocycles. The number of piperidine rings is 1. The second-order valence-corrected chi connectivity index (χ2v) is 8.54. The average molecular weight is 469 g/mol. The van der Waals surface area contributed by atoms with Crippen molar-refractivity contribution >= 4 is 34.7 Å². The predicted molar refractivity (Wildman–Crippen MR) is 118 cm³/mol. The molecule has 1 saturated heterocycles. The van der Waals surface area contributed by atoms with Crippen molar-refractivity contribution in [3.63, 3.8) is 0 Å². The fourth-order valence-electron chi connectivity index (χ4n) is 4.23. The van der Waals surface area contributed by atoms with Gasteiger partial charge < -0.3 is 20.6 Å². The molecule has 2 unspecified atom stereocenters. The minimum Gasteiger partial charge on any atom is -0.396 e. The number of amides is 2. The van der Waals surface area contributed by atoms with Gasteiger partial charge in [-0.15, -0.1) is 0 Å². The molecular formula is C22H24ClF3N4O2. The number of para-hydroxylation sites is 2. The second kappa shape index (κ2) is 9.17. The first-order valence-corrected chi connectivity index (χ1v) is 10.8. The molecule has 10 heteroatoms. The predicted octanol–water partition coefficient (Wildman–Crippen LogP) is 4.26. The minimum absolute atomic E-state index is 0.0463. The lowest BCUT2D eigenvalue weighted by Crippen LogP contribution is -2.57. The fraction of sp³-hybridized carbons (Fsp3) is 0.409. The van der Waals surface area contributed by atoms with Crippen molar-refractivity contribution in [3.05, 3.63) is 53.3 Å². The van der Waals surface area contributed by atoms with Crippen LogP contribution in [0, 0.1) is 11.7 Å². The van der Waals surface area contributed by atoms with Gasteiger partial charge in [0.2, 0.25) is 0 Å². The van der Waals surface area contributed by atoms with E-state index in [1.54, 1.807) is 17.0 Å². The van der Waals surface area contributed by atoms with E-state index in [4.69, 9.17) is 11.6 Å². The van der Waals surface area contributed by atoms with Gasteiger partial charge in [0.25, 0.3) is 5.92 Å². The number of aliphatic hydroxyl groups excluding tert-OH is 1. The first-order valence-electron chi connectivity index (χ1n) is 10.4. The Morgan fingerprint density at radius 1 is 1.28 bits per heavy atom. The van der Waals surface area contributed by atoms with Crippen molar-refractivity contribution in [2.24, 2.45) is 5.92 Å². The zero-order valence-electron chi connectivity index (χ0n) is 17.2. The number of aliphatic hydroxyl groups is 1. The third kappa shape index (κ3) is 4.65. The highest BCUT2D eigenvalue weighted by Gasteiger charge is 2.44. The maximum Gasteiger partial charge on any atom is 0.326 e. The molecule has 0 aliphatic carbocycles. The van der Waals surface area contributed by atoms with E-state index in [1.165, 1.54) is 18.2 Å². The number of carbonyl (C=O) groups excluding carboxylic acids is 1. The number of fused-ring (bicyclic) bond motifs is 1. The number of anilines is 3. The molecule has 4 rings (SSSR count). The zero-order chi connectivity index (χ0) is 22.9. The summed E-state index contributed by atoms with van der Waals surface area (Å²) in [5.41, 5.74) is 1.76. The minimum atomic E-state index is -2.90. The molecule has 0 saturated carbocycles. The van der Waals surface area contributed by atoms with Crippen LogP contribution in [0.1, 0.15) is 6.42 Å². The Morgan fingerprint density at radius 2 is 2.06 bits per heavy atom. The Kier molecular flexibility index (Phi) is 6.50. The van der Waals surface area contributed by atoms with E-state index in [9.17, 15) is 23.1 Å². The van der Waals surface area contributed by atoms with E-state index in [1.807, 2.05) is 17.0 Å². The molecule has 6 nitrogen and oxygen atoms in total. The highest BCUT2D eigenvalue weighted by molar-refractivity contribution is 6.31. The van der Waals surface area contributed by atoms with Crippen LogP contribution in [0.25, 0.3) is 0 Å². The summed E-state index contributed by atoms with van der Waals surface area (Å²) in [6.07, 6.45) is -0.338. The molecule has 3 N–H and O–H groups in total. The fourth-order valence-corrected chi connectivity index (χ4v) is 4.41. The summed E-state index contributed by atoms with van der Waals surface area (Å²) in [5.74, 6) is -4.62. The van der Waals surface area contributed by atoms with Crippen molar-refractivity contribution in [1.82, 2.24) is 4.90 Å². The van der Waals surface area contributed by atoms with Gasteiger partial charge in [0.15, 0.2) is 0 Å². The molecule has 2 heterocycles. The van der Waals surface area contributed by atoms with Gasteiger partial charge >= 0.3 is 6.03 Å². The van der Waals surface area contributed by atoms with E-state index in [0.717, 1.165) is 5.69 Å². The van der Waals surface area contributed by atoms with Crippen molar-refractivity contribution in [3.8, 4) is 0 Å². The Hall–Kier alpha value is -2.49. The third-order valence-corrected chi connectivity index (χ3v) is 6.26.